The molecule has 4 rings (SSSR count). The van der Waals surface area contributed by atoms with Crippen LogP contribution in [0.4, 0.5) is 4.39 Å². The molecule has 3 fully saturated rings. The summed E-state index contributed by atoms with van der Waals surface area (Å²) in [7, 11) is -3.93. The first kappa shape index (κ1) is 19.9. The van der Waals surface area contributed by atoms with Gasteiger partial charge in [-0.1, -0.05) is 24.4 Å². The van der Waals surface area contributed by atoms with Crippen molar-refractivity contribution in [3.05, 3.63) is 28.5 Å². The van der Waals surface area contributed by atoms with Crippen molar-refractivity contribution < 1.29 is 22.3 Å². The first-order chi connectivity index (χ1) is 13.2. The lowest BCUT2D eigenvalue weighted by Crippen LogP contribution is -2.39. The SMILES string of the molecule is NC12CC1CC(S(=O)(=O)NC(=O)c1cc(Cl)c(OCC3CCCC3)cc1F)C2. The summed E-state index contributed by atoms with van der Waals surface area (Å²) >= 11 is 6.13. The molecule has 6 nitrogen and oxygen atoms in total. The van der Waals surface area contributed by atoms with Gasteiger partial charge in [-0.2, -0.15) is 0 Å². The highest BCUT2D eigenvalue weighted by Crippen LogP contribution is 2.55. The lowest BCUT2D eigenvalue weighted by Gasteiger charge is -2.16. The monoisotopic (exact) mass is 430 g/mol. The van der Waals surface area contributed by atoms with Crippen molar-refractivity contribution >= 4 is 27.5 Å². The van der Waals surface area contributed by atoms with Crippen LogP contribution in [0.3, 0.4) is 0 Å². The van der Waals surface area contributed by atoms with Gasteiger partial charge in [0, 0.05) is 11.6 Å². The number of carbonyl (C=O) groups excluding carboxylic acids is 1. The average molecular weight is 431 g/mol. The first-order valence-corrected chi connectivity index (χ1v) is 11.6. The topological polar surface area (TPSA) is 98.5 Å². The first-order valence-electron chi connectivity index (χ1n) is 9.64. The van der Waals surface area contributed by atoms with Gasteiger partial charge in [-0.15, -0.1) is 0 Å². The van der Waals surface area contributed by atoms with Crippen LogP contribution in [0.15, 0.2) is 12.1 Å². The molecule has 3 aliphatic carbocycles. The Morgan fingerprint density at radius 1 is 1.32 bits per heavy atom. The number of rotatable bonds is 6. The number of hydrogen-bond donors (Lipinski definition) is 2. The zero-order chi connectivity index (χ0) is 20.1. The fraction of sp³-hybridized carbons (Fsp3) is 0.632. The standard InChI is InChI=1S/C19H24ClFN2O4S/c20-15-6-14(16(21)7-17(15)27-10-11-3-1-2-4-11)18(24)23-28(25,26)13-5-12-8-19(12,22)9-13/h6-7,11-13H,1-5,8-10,22H2,(H,23,24). The minimum Gasteiger partial charge on any atom is -0.492 e. The number of carbonyl (C=O) groups is 1. The molecular formula is C19H24ClFN2O4S. The molecular weight excluding hydrogens is 407 g/mol. The Labute approximate surface area is 169 Å². The van der Waals surface area contributed by atoms with Gasteiger partial charge >= 0.3 is 0 Å². The maximum atomic E-state index is 14.4. The van der Waals surface area contributed by atoms with Gasteiger partial charge in [-0.25, -0.2) is 17.5 Å². The van der Waals surface area contributed by atoms with Gasteiger partial charge in [0.2, 0.25) is 10.0 Å². The molecule has 0 aliphatic heterocycles. The van der Waals surface area contributed by atoms with Crippen LogP contribution in [0.5, 0.6) is 5.75 Å². The van der Waals surface area contributed by atoms with Gasteiger partial charge in [-0.05, 0) is 50.0 Å². The predicted octanol–water partition coefficient (Wildman–Crippen LogP) is 2.99. The molecule has 3 saturated carbocycles. The van der Waals surface area contributed by atoms with Crippen LogP contribution in [-0.4, -0.2) is 31.7 Å². The third-order valence-corrected chi connectivity index (χ3v) is 8.33. The van der Waals surface area contributed by atoms with Crippen LogP contribution < -0.4 is 15.2 Å². The number of hydrogen-bond acceptors (Lipinski definition) is 5. The Balaban J connectivity index is 1.43. The van der Waals surface area contributed by atoms with E-state index in [4.69, 9.17) is 22.1 Å². The Morgan fingerprint density at radius 2 is 2.04 bits per heavy atom. The molecule has 0 aromatic heterocycles. The summed E-state index contributed by atoms with van der Waals surface area (Å²) in [5, 5.41) is -0.655. The maximum Gasteiger partial charge on any atom is 0.267 e. The molecule has 1 aromatic carbocycles. The fourth-order valence-corrected chi connectivity index (χ4v) is 6.26. The number of fused-ring (bicyclic) bond motifs is 1. The summed E-state index contributed by atoms with van der Waals surface area (Å²) in [6.07, 6.45) is 6.04. The Hall–Kier alpha value is -1.38. The molecule has 1 aromatic rings. The Bertz CT molecular complexity index is 903. The smallest absolute Gasteiger partial charge is 0.267 e. The third kappa shape index (κ3) is 3.86. The predicted molar refractivity (Wildman–Crippen MR) is 103 cm³/mol. The zero-order valence-corrected chi connectivity index (χ0v) is 17.0. The molecule has 3 N–H and O–H groups in total. The molecule has 3 aliphatic rings. The minimum absolute atomic E-state index is 0.0740. The Kier molecular flexibility index (Phi) is 5.08. The number of benzene rings is 1. The molecule has 154 valence electrons. The van der Waals surface area contributed by atoms with E-state index < -0.39 is 38.1 Å². The van der Waals surface area contributed by atoms with Crippen molar-refractivity contribution in [2.75, 3.05) is 6.61 Å². The van der Waals surface area contributed by atoms with Crippen molar-refractivity contribution in [1.82, 2.24) is 4.72 Å². The van der Waals surface area contributed by atoms with Gasteiger partial charge in [0.25, 0.3) is 5.91 Å². The molecule has 9 heteroatoms. The summed E-state index contributed by atoms with van der Waals surface area (Å²) in [6.45, 7) is 0.447. The van der Waals surface area contributed by atoms with Crippen molar-refractivity contribution in [2.45, 2.75) is 55.7 Å². The second-order valence-corrected chi connectivity index (χ2v) is 10.8. The maximum absolute atomic E-state index is 14.4. The molecule has 0 radical (unpaired) electrons. The van der Waals surface area contributed by atoms with E-state index in [2.05, 4.69) is 0 Å². The van der Waals surface area contributed by atoms with Crippen LogP contribution in [0.25, 0.3) is 0 Å². The average Bonchev–Trinajstić information content (AvgIpc) is 3.00. The summed E-state index contributed by atoms with van der Waals surface area (Å²) in [5.41, 5.74) is 5.20. The highest BCUT2D eigenvalue weighted by molar-refractivity contribution is 7.90. The van der Waals surface area contributed by atoms with Crippen molar-refractivity contribution in [1.29, 1.82) is 0 Å². The number of nitrogens with one attached hydrogen (secondary N) is 1. The molecule has 0 heterocycles. The summed E-state index contributed by atoms with van der Waals surface area (Å²) < 4.78 is 47.0. The van der Waals surface area contributed by atoms with Crippen molar-refractivity contribution in [3.8, 4) is 5.75 Å². The van der Waals surface area contributed by atoms with Crippen LogP contribution in [0.2, 0.25) is 5.02 Å². The summed E-state index contributed by atoms with van der Waals surface area (Å²) in [4.78, 5) is 12.4. The molecule has 0 bridgehead atoms. The number of halogens is 2. The van der Waals surface area contributed by atoms with Crippen LogP contribution >= 0.6 is 11.6 Å². The molecule has 3 unspecified atom stereocenters. The highest BCUT2D eigenvalue weighted by atomic mass is 35.5. The number of ether oxygens (including phenoxy) is 1. The molecule has 0 spiro atoms. The van der Waals surface area contributed by atoms with Crippen LogP contribution in [-0.2, 0) is 10.0 Å². The number of sulfonamides is 1. The van der Waals surface area contributed by atoms with Gasteiger partial charge in [-0.3, -0.25) is 4.79 Å². The molecule has 28 heavy (non-hydrogen) atoms. The highest BCUT2D eigenvalue weighted by Gasteiger charge is 2.60. The minimum atomic E-state index is -3.93. The van der Waals surface area contributed by atoms with Crippen molar-refractivity contribution in [2.24, 2.45) is 17.6 Å². The second-order valence-electron chi connectivity index (χ2n) is 8.40. The van der Waals surface area contributed by atoms with E-state index >= 15 is 0 Å². The van der Waals surface area contributed by atoms with Gasteiger partial charge in [0.15, 0.2) is 0 Å². The van der Waals surface area contributed by atoms with E-state index in [-0.39, 0.29) is 16.7 Å². The van der Waals surface area contributed by atoms with E-state index in [9.17, 15) is 17.6 Å². The van der Waals surface area contributed by atoms with E-state index in [0.29, 0.717) is 25.4 Å². The molecule has 0 saturated heterocycles. The normalized spacial score (nSPS) is 29.5. The lowest BCUT2D eigenvalue weighted by molar-refractivity contribution is 0.0977. The van der Waals surface area contributed by atoms with Gasteiger partial charge < -0.3 is 10.5 Å². The lowest BCUT2D eigenvalue weighted by atomic mass is 10.1. The summed E-state index contributed by atoms with van der Waals surface area (Å²) in [6, 6.07) is 2.15. The third-order valence-electron chi connectivity index (χ3n) is 6.32. The van der Waals surface area contributed by atoms with Crippen LogP contribution in [0, 0.1) is 17.7 Å². The zero-order valence-electron chi connectivity index (χ0n) is 15.4. The van der Waals surface area contributed by atoms with E-state index in [1.54, 1.807) is 0 Å². The van der Waals surface area contributed by atoms with E-state index in [1.807, 2.05) is 4.72 Å². The number of amides is 1. The second kappa shape index (κ2) is 7.15. The van der Waals surface area contributed by atoms with Crippen LogP contribution in [0.1, 0.15) is 55.3 Å². The fourth-order valence-electron chi connectivity index (χ4n) is 4.49. The largest absolute Gasteiger partial charge is 0.492 e. The number of nitrogens with two attached hydrogens (primary N) is 1. The quantitative estimate of drug-likeness (QED) is 0.722. The van der Waals surface area contributed by atoms with Crippen molar-refractivity contribution in [3.63, 3.8) is 0 Å². The van der Waals surface area contributed by atoms with Gasteiger partial charge in [0.1, 0.15) is 11.6 Å². The molecule has 1 amide bonds. The van der Waals surface area contributed by atoms with Gasteiger partial charge in [0.05, 0.1) is 22.4 Å². The molecule has 3 atom stereocenters. The van der Waals surface area contributed by atoms with E-state index in [0.717, 1.165) is 44.2 Å². The van der Waals surface area contributed by atoms with E-state index in [1.165, 1.54) is 0 Å². The Morgan fingerprint density at radius 3 is 2.68 bits per heavy atom. The summed E-state index contributed by atoms with van der Waals surface area (Å²) in [5.74, 6) is -1.13.